The minimum Gasteiger partial charge on any atom is -0.363 e. The molecule has 2 aliphatic rings. The Balaban J connectivity index is 1.83. The van der Waals surface area contributed by atoms with Gasteiger partial charge in [0.1, 0.15) is 0 Å². The van der Waals surface area contributed by atoms with Crippen molar-refractivity contribution in [2.24, 2.45) is 0 Å². The van der Waals surface area contributed by atoms with Crippen molar-refractivity contribution in [1.29, 1.82) is 10.5 Å². The highest BCUT2D eigenvalue weighted by molar-refractivity contribution is 5.84. The first kappa shape index (κ1) is 20.5. The van der Waals surface area contributed by atoms with Crippen LogP contribution in [0.3, 0.4) is 0 Å². The third kappa shape index (κ3) is 3.53. The molecule has 2 aromatic carbocycles. The maximum atomic E-state index is 12.8. The van der Waals surface area contributed by atoms with Gasteiger partial charge in [-0.15, -0.1) is 0 Å². The zero-order valence-electron chi connectivity index (χ0n) is 16.6. The Morgan fingerprint density at radius 2 is 1.90 bits per heavy atom. The normalized spacial score (nSPS) is 19.8. The van der Waals surface area contributed by atoms with Crippen molar-refractivity contribution in [2.75, 3.05) is 23.4 Å². The summed E-state index contributed by atoms with van der Waals surface area (Å²) < 4.78 is 38.3. The zero-order chi connectivity index (χ0) is 22.3. The number of nitrogens with zero attached hydrogens (tertiary/aromatic N) is 4. The Bertz CT molecular complexity index is 1130. The van der Waals surface area contributed by atoms with Crippen LogP contribution in [0.25, 0.3) is 0 Å². The molecule has 0 saturated carbocycles. The molecule has 2 aliphatic heterocycles. The second-order valence-electron chi connectivity index (χ2n) is 7.63. The number of amides is 1. The molecule has 1 amide bonds. The van der Waals surface area contributed by atoms with Gasteiger partial charge in [-0.2, -0.15) is 23.7 Å². The number of hydrogen-bond acceptors (Lipinski definition) is 5. The van der Waals surface area contributed by atoms with E-state index in [0.29, 0.717) is 29.7 Å². The molecule has 158 valence electrons. The monoisotopic (exact) mass is 425 g/mol. The smallest absolute Gasteiger partial charge is 0.363 e. The number of anilines is 3. The molecular formula is C22H18F3N5O. The molecule has 1 fully saturated rings. The predicted octanol–water partition coefficient (Wildman–Crippen LogP) is 3.90. The maximum Gasteiger partial charge on any atom is 0.471 e. The highest BCUT2D eigenvalue weighted by Gasteiger charge is 2.42. The van der Waals surface area contributed by atoms with Gasteiger partial charge in [0, 0.05) is 30.9 Å². The van der Waals surface area contributed by atoms with E-state index in [0.717, 1.165) is 17.1 Å². The lowest BCUT2D eigenvalue weighted by Gasteiger charge is -2.41. The molecule has 2 atom stereocenters. The van der Waals surface area contributed by atoms with Gasteiger partial charge in [-0.25, -0.2) is 0 Å². The molecule has 0 radical (unpaired) electrons. The van der Waals surface area contributed by atoms with E-state index in [-0.39, 0.29) is 6.42 Å². The van der Waals surface area contributed by atoms with Crippen LogP contribution in [0.15, 0.2) is 36.4 Å². The van der Waals surface area contributed by atoms with E-state index in [1.807, 2.05) is 24.1 Å². The first-order valence-corrected chi connectivity index (χ1v) is 9.69. The van der Waals surface area contributed by atoms with Crippen LogP contribution in [0.1, 0.15) is 35.6 Å². The number of carbonyl (C=O) groups is 1. The van der Waals surface area contributed by atoms with Crippen molar-refractivity contribution in [3.8, 4) is 12.1 Å². The van der Waals surface area contributed by atoms with Crippen LogP contribution < -0.4 is 15.1 Å². The maximum absolute atomic E-state index is 12.8. The summed E-state index contributed by atoms with van der Waals surface area (Å²) in [6, 6.07) is 13.8. The summed E-state index contributed by atoms with van der Waals surface area (Å²) in [6.45, 7) is 0.388. The molecule has 6 nitrogen and oxygen atoms in total. The average Bonchev–Trinajstić information content (AvgIpc) is 2.86. The van der Waals surface area contributed by atoms with Gasteiger partial charge >= 0.3 is 12.1 Å². The highest BCUT2D eigenvalue weighted by atomic mass is 19.4. The van der Waals surface area contributed by atoms with Crippen molar-refractivity contribution in [3.63, 3.8) is 0 Å². The second-order valence-corrected chi connectivity index (χ2v) is 7.63. The van der Waals surface area contributed by atoms with Crippen molar-refractivity contribution in [1.82, 2.24) is 5.32 Å². The molecule has 2 aromatic rings. The largest absolute Gasteiger partial charge is 0.471 e. The number of benzene rings is 2. The molecule has 0 unspecified atom stereocenters. The van der Waals surface area contributed by atoms with Gasteiger partial charge in [0.15, 0.2) is 0 Å². The molecule has 9 heteroatoms. The van der Waals surface area contributed by atoms with Crippen LogP contribution in [0.2, 0.25) is 0 Å². The van der Waals surface area contributed by atoms with Crippen molar-refractivity contribution in [3.05, 3.63) is 53.1 Å². The zero-order valence-corrected chi connectivity index (χ0v) is 16.6. The molecule has 1 saturated heterocycles. The fourth-order valence-corrected chi connectivity index (χ4v) is 4.45. The van der Waals surface area contributed by atoms with Crippen LogP contribution in [0, 0.1) is 22.7 Å². The van der Waals surface area contributed by atoms with Crippen LogP contribution in [-0.4, -0.2) is 31.7 Å². The van der Waals surface area contributed by atoms with E-state index >= 15 is 0 Å². The SMILES string of the molecule is CN1c2cc(C#N)ccc2N2CC[C@H](NC(=O)C(F)(F)F)C[C@@H]2c2c(C#N)cccc21. The topological polar surface area (TPSA) is 83.2 Å². The number of carbonyl (C=O) groups excluding carboxylic acids is 1. The summed E-state index contributed by atoms with van der Waals surface area (Å²) >= 11 is 0. The van der Waals surface area contributed by atoms with Crippen LogP contribution in [-0.2, 0) is 4.79 Å². The molecule has 31 heavy (non-hydrogen) atoms. The first-order chi connectivity index (χ1) is 14.7. The lowest BCUT2D eigenvalue weighted by Crippen LogP contribution is -2.49. The summed E-state index contributed by atoms with van der Waals surface area (Å²) in [7, 11) is 1.83. The molecular weight excluding hydrogens is 407 g/mol. The lowest BCUT2D eigenvalue weighted by molar-refractivity contribution is -0.174. The van der Waals surface area contributed by atoms with Gasteiger partial charge in [0.05, 0.1) is 40.7 Å². The molecule has 4 rings (SSSR count). The third-order valence-electron chi connectivity index (χ3n) is 5.87. The Hall–Kier alpha value is -3.72. The van der Waals surface area contributed by atoms with Gasteiger partial charge in [-0.1, -0.05) is 6.07 Å². The fraction of sp³-hybridized carbons (Fsp3) is 0.318. The highest BCUT2D eigenvalue weighted by Crippen LogP contribution is 2.49. The van der Waals surface area contributed by atoms with E-state index in [2.05, 4.69) is 22.4 Å². The molecule has 1 N–H and O–H groups in total. The fourth-order valence-electron chi connectivity index (χ4n) is 4.45. The van der Waals surface area contributed by atoms with E-state index < -0.39 is 24.2 Å². The number of rotatable bonds is 1. The van der Waals surface area contributed by atoms with E-state index in [1.54, 1.807) is 24.3 Å². The van der Waals surface area contributed by atoms with Gasteiger partial charge < -0.3 is 15.1 Å². The lowest BCUT2D eigenvalue weighted by atomic mass is 9.88. The molecule has 0 aromatic heterocycles. The summed E-state index contributed by atoms with van der Waals surface area (Å²) in [5, 5.41) is 21.2. The molecule has 0 aliphatic carbocycles. The summed E-state index contributed by atoms with van der Waals surface area (Å²) in [5.41, 5.74) is 3.95. The minimum absolute atomic E-state index is 0.223. The van der Waals surface area contributed by atoms with Gasteiger partial charge in [-0.3, -0.25) is 4.79 Å². The number of piperidine rings is 1. The standard InChI is InChI=1S/C22H18F3N5O/c1-29-17-4-2-3-14(12-27)20(17)19-10-15(28-21(31)22(23,24)25)7-8-30(19)16-6-5-13(11-26)9-18(16)29/h2-6,9,15,19H,7-8,10H2,1H3,(H,28,31)/t15-,19+/m0/s1. The molecule has 0 bridgehead atoms. The van der Waals surface area contributed by atoms with Crippen LogP contribution in [0.4, 0.5) is 30.2 Å². The number of halogens is 3. The van der Waals surface area contributed by atoms with Crippen LogP contribution in [0.5, 0.6) is 0 Å². The Labute approximate surface area is 177 Å². The van der Waals surface area contributed by atoms with Gasteiger partial charge in [0.25, 0.3) is 0 Å². The van der Waals surface area contributed by atoms with Crippen LogP contribution >= 0.6 is 0 Å². The third-order valence-corrected chi connectivity index (χ3v) is 5.87. The van der Waals surface area contributed by atoms with Crippen molar-refractivity contribution >= 4 is 23.0 Å². The number of nitriles is 2. The van der Waals surface area contributed by atoms with E-state index in [9.17, 15) is 28.5 Å². The Morgan fingerprint density at radius 1 is 1.13 bits per heavy atom. The van der Waals surface area contributed by atoms with E-state index in [4.69, 9.17) is 0 Å². The number of nitrogens with one attached hydrogen (secondary N) is 1. The number of fused-ring (bicyclic) bond motifs is 5. The quantitative estimate of drug-likeness (QED) is 0.749. The number of hydrogen-bond donors (Lipinski definition) is 1. The first-order valence-electron chi connectivity index (χ1n) is 9.69. The predicted molar refractivity (Wildman–Crippen MR) is 108 cm³/mol. The average molecular weight is 425 g/mol. The van der Waals surface area contributed by atoms with Crippen molar-refractivity contribution in [2.45, 2.75) is 31.1 Å². The second kappa shape index (κ2) is 7.51. The molecule has 2 heterocycles. The Kier molecular flexibility index (Phi) is 4.98. The van der Waals surface area contributed by atoms with E-state index in [1.165, 1.54) is 0 Å². The summed E-state index contributed by atoms with van der Waals surface area (Å²) in [5.74, 6) is -1.95. The summed E-state index contributed by atoms with van der Waals surface area (Å²) in [4.78, 5) is 15.5. The molecule has 0 spiro atoms. The Morgan fingerprint density at radius 3 is 2.58 bits per heavy atom. The van der Waals surface area contributed by atoms with Crippen molar-refractivity contribution < 1.29 is 18.0 Å². The summed E-state index contributed by atoms with van der Waals surface area (Å²) in [6.07, 6.45) is -4.40. The number of alkyl halides is 3. The van der Waals surface area contributed by atoms with Gasteiger partial charge in [0.2, 0.25) is 0 Å². The minimum atomic E-state index is -4.95. The van der Waals surface area contributed by atoms with Gasteiger partial charge in [-0.05, 0) is 43.2 Å².